The molecule has 1 heterocycles. The molecule has 0 aliphatic carbocycles. The molecule has 0 aromatic carbocycles. The van der Waals surface area contributed by atoms with Gasteiger partial charge in [0.15, 0.2) is 0 Å². The third kappa shape index (κ3) is 0.991. The maximum atomic E-state index is 2.27. The third-order valence-corrected chi connectivity index (χ3v) is 4.45. The summed E-state index contributed by atoms with van der Waals surface area (Å²) >= 11 is 0.715. The van der Waals surface area contributed by atoms with E-state index in [9.17, 15) is 0 Å². The van der Waals surface area contributed by atoms with Gasteiger partial charge in [-0.15, -0.1) is 0 Å². The second-order valence-electron chi connectivity index (χ2n) is 0.824. The average Bonchev–Trinajstić information content (AvgIpc) is 1.76. The normalized spacial score (nSPS) is 24.0. The Labute approximate surface area is 39.1 Å². The van der Waals surface area contributed by atoms with E-state index >= 15 is 0 Å². The van der Waals surface area contributed by atoms with Crippen molar-refractivity contribution in [2.24, 2.45) is 0 Å². The predicted octanol–water partition coefficient (Wildman–Crippen LogP) is 1.50. The van der Waals surface area contributed by atoms with E-state index in [1.54, 1.807) is 6.69 Å². The van der Waals surface area contributed by atoms with Crippen LogP contribution in [0.2, 0.25) is 5.21 Å². The number of hydrogen-bond acceptors (Lipinski definition) is 0. The molecular weight excluding hydrogens is 142 g/mol. The van der Waals surface area contributed by atoms with E-state index in [1.807, 2.05) is 0 Å². The summed E-state index contributed by atoms with van der Waals surface area (Å²) in [5.41, 5.74) is 0. The van der Waals surface area contributed by atoms with E-state index < -0.39 is 0 Å². The van der Waals surface area contributed by atoms with Crippen molar-refractivity contribution in [1.29, 1.82) is 0 Å². The van der Waals surface area contributed by atoms with Crippen LogP contribution in [-0.2, 0) is 0 Å². The summed E-state index contributed by atoms with van der Waals surface area (Å²) in [4.78, 5) is 0. The van der Waals surface area contributed by atoms with Crippen molar-refractivity contribution in [2.45, 2.75) is 5.21 Å². The first kappa shape index (κ1) is 3.78. The van der Waals surface area contributed by atoms with Gasteiger partial charge in [-0.1, -0.05) is 0 Å². The Morgan fingerprint density at radius 1 is 1.80 bits per heavy atom. The summed E-state index contributed by atoms with van der Waals surface area (Å²) in [5.74, 6) is 2.25. The predicted molar refractivity (Wildman–Crippen MR) is 26.6 cm³/mol. The van der Waals surface area contributed by atoms with Gasteiger partial charge in [0.05, 0.1) is 0 Å². The van der Waals surface area contributed by atoms with Crippen LogP contribution in [0, 0.1) is 0 Å². The van der Waals surface area contributed by atoms with Gasteiger partial charge in [0.1, 0.15) is 0 Å². The Hall–Kier alpha value is 0.598. The Morgan fingerprint density at radius 3 is 3.00 bits per heavy atom. The fraction of sp³-hybridized carbons (Fsp3) is 0.333. The maximum absolute atomic E-state index is 2.27. The minimum absolute atomic E-state index is 0.715. The van der Waals surface area contributed by atoms with Gasteiger partial charge in [0.2, 0.25) is 0 Å². The fourth-order valence-electron chi connectivity index (χ4n) is 0.236. The summed E-state index contributed by atoms with van der Waals surface area (Å²) in [5, 5.41) is 1.40. The van der Waals surface area contributed by atoms with Gasteiger partial charge in [0.25, 0.3) is 0 Å². The monoisotopic (exact) mass is 146 g/mol. The van der Waals surface area contributed by atoms with Gasteiger partial charge in [-0.25, -0.2) is 0 Å². The van der Waals surface area contributed by atoms with E-state index in [0.29, 0.717) is 14.8 Å². The fourth-order valence-corrected chi connectivity index (χ4v) is 3.67. The molecule has 0 radical (unpaired) electrons. The first-order valence-corrected chi connectivity index (χ1v) is 6.28. The zero-order valence-electron chi connectivity index (χ0n) is 2.76. The molecule has 5 heavy (non-hydrogen) atoms. The first-order valence-electron chi connectivity index (χ1n) is 1.52. The van der Waals surface area contributed by atoms with Gasteiger partial charge in [0, 0.05) is 0 Å². The topological polar surface area (TPSA) is 0 Å². The molecule has 2 heteroatoms. The molecule has 0 nitrogen and oxygen atoms in total. The molecule has 0 bridgehead atoms. The van der Waals surface area contributed by atoms with Crippen LogP contribution in [-0.4, -0.2) is 14.8 Å². The average molecular weight is 146 g/mol. The molecule has 0 spiro atoms. The quantitative estimate of drug-likeness (QED) is 0.358. The summed E-state index contributed by atoms with van der Waals surface area (Å²) in [6.45, 7) is 1.60. The Morgan fingerprint density at radius 2 is 2.80 bits per heavy atom. The summed E-state index contributed by atoms with van der Waals surface area (Å²) in [7, 11) is 0. The van der Waals surface area contributed by atoms with E-state index in [1.165, 1.54) is 5.21 Å². The summed E-state index contributed by atoms with van der Waals surface area (Å²) in [6.07, 6.45) is 2.27. The van der Waals surface area contributed by atoms with Crippen molar-refractivity contribution in [1.82, 2.24) is 0 Å². The molecule has 1 rings (SSSR count). The van der Waals surface area contributed by atoms with Crippen molar-refractivity contribution < 1.29 is 0 Å². The molecule has 0 saturated carbocycles. The Bertz CT molecular complexity index is 65.0. The molecule has 0 amide bonds. The van der Waals surface area contributed by atoms with Crippen molar-refractivity contribution in [3.63, 3.8) is 0 Å². The molecule has 0 fully saturated rings. The Balaban J connectivity index is 2.61. The van der Waals surface area contributed by atoms with Crippen LogP contribution in [0.15, 0.2) is 11.9 Å². The van der Waals surface area contributed by atoms with E-state index in [4.69, 9.17) is 0 Å². The van der Waals surface area contributed by atoms with Crippen LogP contribution in [0.3, 0.4) is 0 Å². The van der Waals surface area contributed by atoms with Crippen LogP contribution < -0.4 is 0 Å². The van der Waals surface area contributed by atoms with Crippen molar-refractivity contribution in [3.05, 3.63) is 11.9 Å². The molecule has 0 atom stereocenters. The second kappa shape index (κ2) is 1.90. The van der Waals surface area contributed by atoms with Gasteiger partial charge in [-0.2, -0.15) is 0 Å². The van der Waals surface area contributed by atoms with Crippen molar-refractivity contribution in [3.8, 4) is 0 Å². The first-order chi connectivity index (χ1) is 2.50. The number of rotatable bonds is 0. The number of hydrogen-bond donors (Lipinski definition) is 0. The minimum atomic E-state index is 0.715. The Kier molecular flexibility index (Phi) is 1.44. The second-order valence-corrected chi connectivity index (χ2v) is 5.64. The van der Waals surface area contributed by atoms with Crippen molar-refractivity contribution in [2.75, 3.05) is 0 Å². The van der Waals surface area contributed by atoms with Gasteiger partial charge >= 0.3 is 38.6 Å². The van der Waals surface area contributed by atoms with E-state index in [2.05, 4.69) is 11.9 Å². The van der Waals surface area contributed by atoms with Crippen LogP contribution in [0.5, 0.6) is 0 Å². The zero-order chi connectivity index (χ0) is 3.54. The molecule has 0 N–H and O–H groups in total. The van der Waals surface area contributed by atoms with Crippen LogP contribution in [0.4, 0.5) is 0 Å². The standard InChI is InChI=1S/C3H4AsP/c1-2-4-5-3-1/h1,3H,2H2. The van der Waals surface area contributed by atoms with Crippen molar-refractivity contribution >= 4 is 21.5 Å². The third-order valence-electron chi connectivity index (χ3n) is 0.441. The van der Waals surface area contributed by atoms with Gasteiger partial charge in [-0.05, 0) is 0 Å². The van der Waals surface area contributed by atoms with Crippen LogP contribution >= 0.6 is 6.69 Å². The molecule has 1 aliphatic rings. The van der Waals surface area contributed by atoms with Crippen LogP contribution in [0.25, 0.3) is 0 Å². The zero-order valence-corrected chi connectivity index (χ0v) is 5.53. The van der Waals surface area contributed by atoms with E-state index in [0.717, 1.165) is 0 Å². The molecule has 1 aliphatic heterocycles. The molecule has 26 valence electrons. The van der Waals surface area contributed by atoms with Crippen LogP contribution in [0.1, 0.15) is 0 Å². The number of allylic oxidation sites excluding steroid dienone is 1. The molecule has 0 unspecified atom stereocenters. The summed E-state index contributed by atoms with van der Waals surface area (Å²) in [6, 6.07) is 0. The van der Waals surface area contributed by atoms with Gasteiger partial charge < -0.3 is 0 Å². The molecule has 0 aromatic heterocycles. The SMILES string of the molecule is C1=CP=[As]C1. The van der Waals surface area contributed by atoms with E-state index in [-0.39, 0.29) is 0 Å². The molecular formula is C3H4AsP. The molecule has 0 aromatic rings. The summed E-state index contributed by atoms with van der Waals surface area (Å²) < 4.78 is 0. The molecule has 0 saturated heterocycles. The van der Waals surface area contributed by atoms with Gasteiger partial charge in [-0.3, -0.25) is 0 Å².